The first-order chi connectivity index (χ1) is 9.74. The summed E-state index contributed by atoms with van der Waals surface area (Å²) in [6.45, 7) is 6.12. The van der Waals surface area contributed by atoms with Crippen molar-refractivity contribution in [1.82, 2.24) is 19.3 Å². The molecule has 0 amide bonds. The maximum atomic E-state index is 5.95. The average molecular weight is 313 g/mol. The first-order valence-electron chi connectivity index (χ1n) is 7.30. The molecule has 6 heteroatoms. The molecule has 1 unspecified atom stereocenters. The molecule has 1 atom stereocenters. The van der Waals surface area contributed by atoms with Crippen LogP contribution in [0.3, 0.4) is 0 Å². The largest absolute Gasteiger partial charge is 0.313 e. The first-order valence-corrected chi connectivity index (χ1v) is 8.99. The Kier molecular flexibility index (Phi) is 4.26. The second-order valence-corrected chi connectivity index (χ2v) is 6.91. The monoisotopic (exact) mass is 312 g/mol. The van der Waals surface area contributed by atoms with Crippen LogP contribution in [0.5, 0.6) is 0 Å². The summed E-state index contributed by atoms with van der Waals surface area (Å²) in [5, 5.41) is 4.60. The van der Waals surface area contributed by atoms with Crippen LogP contribution in [-0.2, 0) is 19.5 Å². The van der Waals surface area contributed by atoms with Crippen molar-refractivity contribution in [2.24, 2.45) is 5.92 Å². The van der Waals surface area contributed by atoms with Crippen molar-refractivity contribution >= 4 is 34.5 Å². The molecule has 2 aromatic heterocycles. The molecule has 1 aliphatic heterocycles. The van der Waals surface area contributed by atoms with Gasteiger partial charge in [0.25, 0.3) is 0 Å². The minimum absolute atomic E-state index is 0.623. The fraction of sp³-hybridized carbons (Fsp3) is 0.714. The highest BCUT2D eigenvalue weighted by molar-refractivity contribution is 7.99. The standard InChI is InChI=1S/C14H21ClN4S/c1-3-19-14-13(10(2)17-19)16-12(4-6-15)18(14)8-11-5-7-20-9-11/h11H,3-9H2,1-2H3. The van der Waals surface area contributed by atoms with Gasteiger partial charge in [-0.1, -0.05) is 0 Å². The average Bonchev–Trinajstić information content (AvgIpc) is 3.12. The van der Waals surface area contributed by atoms with Gasteiger partial charge < -0.3 is 4.57 Å². The van der Waals surface area contributed by atoms with Crippen molar-refractivity contribution in [1.29, 1.82) is 0 Å². The van der Waals surface area contributed by atoms with Gasteiger partial charge in [-0.2, -0.15) is 16.9 Å². The quantitative estimate of drug-likeness (QED) is 0.796. The molecule has 1 aliphatic rings. The molecule has 2 aromatic rings. The van der Waals surface area contributed by atoms with E-state index in [9.17, 15) is 0 Å². The molecular weight excluding hydrogens is 292 g/mol. The number of thioether (sulfide) groups is 1. The van der Waals surface area contributed by atoms with Crippen LogP contribution in [0.1, 0.15) is 24.9 Å². The lowest BCUT2D eigenvalue weighted by molar-refractivity contribution is 0.480. The molecule has 0 N–H and O–H groups in total. The van der Waals surface area contributed by atoms with Gasteiger partial charge in [-0.15, -0.1) is 11.6 Å². The van der Waals surface area contributed by atoms with E-state index < -0.39 is 0 Å². The van der Waals surface area contributed by atoms with Gasteiger partial charge in [-0.05, 0) is 37.7 Å². The van der Waals surface area contributed by atoms with E-state index in [0.717, 1.165) is 42.5 Å². The number of aromatic nitrogens is 4. The molecule has 1 saturated heterocycles. The predicted octanol–water partition coefficient (Wildman–Crippen LogP) is 3.10. The third kappa shape index (κ3) is 2.46. The van der Waals surface area contributed by atoms with Crippen LogP contribution >= 0.6 is 23.4 Å². The number of hydrogen-bond acceptors (Lipinski definition) is 3. The van der Waals surface area contributed by atoms with Crippen molar-refractivity contribution in [3.8, 4) is 0 Å². The van der Waals surface area contributed by atoms with Crippen molar-refractivity contribution in [3.05, 3.63) is 11.5 Å². The van der Waals surface area contributed by atoms with Gasteiger partial charge in [0.05, 0.1) is 5.69 Å². The number of alkyl halides is 1. The van der Waals surface area contributed by atoms with Crippen LogP contribution in [0.2, 0.25) is 0 Å². The molecule has 0 radical (unpaired) electrons. The summed E-state index contributed by atoms with van der Waals surface area (Å²) >= 11 is 8.01. The zero-order chi connectivity index (χ0) is 14.1. The number of fused-ring (bicyclic) bond motifs is 1. The zero-order valence-electron chi connectivity index (χ0n) is 12.1. The molecule has 4 nitrogen and oxygen atoms in total. The highest BCUT2D eigenvalue weighted by atomic mass is 35.5. The molecule has 0 aliphatic carbocycles. The van der Waals surface area contributed by atoms with Crippen molar-refractivity contribution in [2.75, 3.05) is 17.4 Å². The van der Waals surface area contributed by atoms with E-state index in [1.54, 1.807) is 0 Å². The van der Waals surface area contributed by atoms with E-state index in [-0.39, 0.29) is 0 Å². The fourth-order valence-corrected chi connectivity index (χ4v) is 4.38. The highest BCUT2D eigenvalue weighted by Gasteiger charge is 2.22. The first kappa shape index (κ1) is 14.3. The van der Waals surface area contributed by atoms with Gasteiger partial charge >= 0.3 is 0 Å². The van der Waals surface area contributed by atoms with Gasteiger partial charge in [-0.3, -0.25) is 0 Å². The van der Waals surface area contributed by atoms with Gasteiger partial charge in [0.2, 0.25) is 0 Å². The van der Waals surface area contributed by atoms with E-state index in [1.807, 2.05) is 6.92 Å². The summed E-state index contributed by atoms with van der Waals surface area (Å²) in [5.41, 5.74) is 3.26. The van der Waals surface area contributed by atoms with E-state index >= 15 is 0 Å². The molecule has 0 saturated carbocycles. The van der Waals surface area contributed by atoms with E-state index in [2.05, 4.69) is 33.0 Å². The van der Waals surface area contributed by atoms with Crippen LogP contribution in [0.4, 0.5) is 0 Å². The molecule has 110 valence electrons. The lowest BCUT2D eigenvalue weighted by Gasteiger charge is -2.14. The molecule has 0 bridgehead atoms. The maximum absolute atomic E-state index is 5.95. The van der Waals surface area contributed by atoms with Crippen molar-refractivity contribution < 1.29 is 0 Å². The van der Waals surface area contributed by atoms with E-state index in [4.69, 9.17) is 16.6 Å². The minimum atomic E-state index is 0.623. The molecule has 3 heterocycles. The second-order valence-electron chi connectivity index (χ2n) is 5.38. The summed E-state index contributed by atoms with van der Waals surface area (Å²) < 4.78 is 4.45. The minimum Gasteiger partial charge on any atom is -0.313 e. The van der Waals surface area contributed by atoms with Crippen LogP contribution in [0, 0.1) is 12.8 Å². The Labute approximate surface area is 128 Å². The maximum Gasteiger partial charge on any atom is 0.158 e. The number of rotatable bonds is 5. The second kappa shape index (κ2) is 5.98. The van der Waals surface area contributed by atoms with Crippen LogP contribution in [-0.4, -0.2) is 36.7 Å². The van der Waals surface area contributed by atoms with Gasteiger partial charge in [0.15, 0.2) is 5.65 Å². The van der Waals surface area contributed by atoms with Crippen LogP contribution in [0.25, 0.3) is 11.2 Å². The number of hydrogen-bond donors (Lipinski definition) is 0. The van der Waals surface area contributed by atoms with Gasteiger partial charge in [0, 0.05) is 25.4 Å². The predicted molar refractivity (Wildman–Crippen MR) is 85.8 cm³/mol. The summed E-state index contributed by atoms with van der Waals surface area (Å²) in [5.74, 6) is 5.05. The fourth-order valence-electron chi connectivity index (χ4n) is 2.94. The topological polar surface area (TPSA) is 35.6 Å². The number of nitrogens with zero attached hydrogens (tertiary/aromatic N) is 4. The van der Waals surface area contributed by atoms with Crippen molar-refractivity contribution in [3.63, 3.8) is 0 Å². The highest BCUT2D eigenvalue weighted by Crippen LogP contribution is 2.28. The zero-order valence-corrected chi connectivity index (χ0v) is 13.7. The van der Waals surface area contributed by atoms with Crippen LogP contribution < -0.4 is 0 Å². The smallest absolute Gasteiger partial charge is 0.158 e. The Morgan fingerprint density at radius 3 is 2.95 bits per heavy atom. The van der Waals surface area contributed by atoms with Crippen molar-refractivity contribution in [2.45, 2.75) is 39.8 Å². The third-order valence-electron chi connectivity index (χ3n) is 3.96. The SMILES string of the molecule is CCn1nc(C)c2nc(CCCl)n(CC3CCSC3)c21. The Morgan fingerprint density at radius 1 is 1.45 bits per heavy atom. The summed E-state index contributed by atoms with van der Waals surface area (Å²) in [4.78, 5) is 4.80. The lowest BCUT2D eigenvalue weighted by atomic mass is 10.1. The Balaban J connectivity index is 2.06. The third-order valence-corrected chi connectivity index (χ3v) is 5.38. The normalized spacial score (nSPS) is 19.2. The summed E-state index contributed by atoms with van der Waals surface area (Å²) in [7, 11) is 0. The van der Waals surface area contributed by atoms with E-state index in [0.29, 0.717) is 5.88 Å². The number of aryl methyl sites for hydroxylation is 3. The number of imidazole rings is 1. The summed E-state index contributed by atoms with van der Waals surface area (Å²) in [6.07, 6.45) is 2.14. The lowest BCUT2D eigenvalue weighted by Crippen LogP contribution is -2.15. The molecule has 0 aromatic carbocycles. The summed E-state index contributed by atoms with van der Waals surface area (Å²) in [6, 6.07) is 0. The molecule has 0 spiro atoms. The molecule has 1 fully saturated rings. The van der Waals surface area contributed by atoms with E-state index in [1.165, 1.54) is 23.6 Å². The Morgan fingerprint density at radius 2 is 2.30 bits per heavy atom. The Bertz CT molecular complexity index is 598. The van der Waals surface area contributed by atoms with Gasteiger partial charge in [0.1, 0.15) is 11.3 Å². The van der Waals surface area contributed by atoms with Crippen LogP contribution in [0.15, 0.2) is 0 Å². The Hall–Kier alpha value is -0.680. The van der Waals surface area contributed by atoms with Gasteiger partial charge in [-0.25, -0.2) is 9.67 Å². The molecule has 3 rings (SSSR count). The molecule has 20 heavy (non-hydrogen) atoms. The molecular formula is C14H21ClN4S. The number of halogens is 1.